The summed E-state index contributed by atoms with van der Waals surface area (Å²) in [5, 5.41) is -0.0601. The zero-order valence-corrected chi connectivity index (χ0v) is 13.4. The van der Waals surface area contributed by atoms with E-state index in [0.717, 1.165) is 4.90 Å². The molecule has 2 aromatic rings. The van der Waals surface area contributed by atoms with Crippen molar-refractivity contribution in [2.75, 3.05) is 12.0 Å². The quantitative estimate of drug-likeness (QED) is 0.857. The molecule has 2 aromatic carbocycles. The third-order valence-corrected chi connectivity index (χ3v) is 4.85. The van der Waals surface area contributed by atoms with E-state index >= 15 is 0 Å². The third kappa shape index (κ3) is 3.03. The van der Waals surface area contributed by atoms with E-state index in [4.69, 9.17) is 10.5 Å². The molecule has 118 valence electrons. The minimum atomic E-state index is -0.564. The van der Waals surface area contributed by atoms with Crippen LogP contribution in [-0.4, -0.2) is 24.3 Å². The van der Waals surface area contributed by atoms with Gasteiger partial charge in [-0.05, 0) is 24.3 Å². The Morgan fingerprint density at radius 2 is 2.00 bits per heavy atom. The number of benzene rings is 2. The molecule has 1 aliphatic heterocycles. The van der Waals surface area contributed by atoms with Gasteiger partial charge in [-0.15, -0.1) is 11.8 Å². The van der Waals surface area contributed by atoms with Gasteiger partial charge in [-0.3, -0.25) is 14.5 Å². The van der Waals surface area contributed by atoms with Crippen LogP contribution in [-0.2, 0) is 4.79 Å². The summed E-state index contributed by atoms with van der Waals surface area (Å²) in [7, 11) is 1.54. The van der Waals surface area contributed by atoms with Gasteiger partial charge in [0.05, 0.1) is 30.2 Å². The van der Waals surface area contributed by atoms with E-state index in [-0.39, 0.29) is 11.3 Å². The van der Waals surface area contributed by atoms with Crippen LogP contribution in [0, 0.1) is 0 Å². The van der Waals surface area contributed by atoms with Gasteiger partial charge in [0.2, 0.25) is 5.91 Å². The Balaban J connectivity index is 1.92. The lowest BCUT2D eigenvalue weighted by Crippen LogP contribution is -2.51. The van der Waals surface area contributed by atoms with E-state index in [1.807, 2.05) is 30.3 Å². The molecule has 0 saturated carbocycles. The minimum absolute atomic E-state index is 0.0332. The Morgan fingerprint density at radius 1 is 1.26 bits per heavy atom. The second-order valence-electron chi connectivity index (χ2n) is 5.10. The maximum atomic E-state index is 12.1. The lowest BCUT2D eigenvalue weighted by Gasteiger charge is -2.40. The first-order valence-corrected chi connectivity index (χ1v) is 7.99. The number of carbonyl (C=O) groups is 2. The summed E-state index contributed by atoms with van der Waals surface area (Å²) < 4.78 is 5.20. The number of β-lactam (4-membered cyclic amide) rings is 1. The molecule has 23 heavy (non-hydrogen) atoms. The normalized spacial score (nSPS) is 16.8. The predicted octanol–water partition coefficient (Wildman–Crippen LogP) is 2.65. The topological polar surface area (TPSA) is 72.6 Å². The summed E-state index contributed by atoms with van der Waals surface area (Å²) in [4.78, 5) is 26.5. The Morgan fingerprint density at radius 3 is 2.61 bits per heavy atom. The molecule has 1 aliphatic rings. The number of thioether (sulfide) groups is 1. The Bertz CT molecular complexity index is 749. The van der Waals surface area contributed by atoms with Crippen molar-refractivity contribution < 1.29 is 14.3 Å². The first-order chi connectivity index (χ1) is 11.1. The lowest BCUT2D eigenvalue weighted by molar-refractivity contribution is -0.122. The SMILES string of the molecule is COc1ccc(C(N)=O)c(N2C(=O)CC2Sc2ccccc2)c1. The number of nitrogens with zero attached hydrogens (tertiary/aromatic N) is 1. The lowest BCUT2D eigenvalue weighted by atomic mass is 10.1. The van der Waals surface area contributed by atoms with Crippen molar-refractivity contribution in [3.8, 4) is 5.75 Å². The predicted molar refractivity (Wildman–Crippen MR) is 89.7 cm³/mol. The summed E-state index contributed by atoms with van der Waals surface area (Å²) in [5.41, 5.74) is 6.26. The Kier molecular flexibility index (Phi) is 4.25. The van der Waals surface area contributed by atoms with Gasteiger partial charge < -0.3 is 10.5 Å². The molecule has 0 aromatic heterocycles. The van der Waals surface area contributed by atoms with Crippen molar-refractivity contribution in [1.29, 1.82) is 0 Å². The highest BCUT2D eigenvalue weighted by molar-refractivity contribution is 8.00. The molecule has 0 spiro atoms. The number of carbonyl (C=O) groups excluding carboxylic acids is 2. The fourth-order valence-corrected chi connectivity index (χ4v) is 3.66. The van der Waals surface area contributed by atoms with E-state index in [9.17, 15) is 9.59 Å². The zero-order chi connectivity index (χ0) is 16.4. The standard InChI is InChI=1S/C17H16N2O3S/c1-22-11-7-8-13(17(18)21)14(9-11)19-15(20)10-16(19)23-12-5-3-2-4-6-12/h2-9,16H,10H2,1H3,(H2,18,21). The van der Waals surface area contributed by atoms with E-state index in [1.54, 1.807) is 34.9 Å². The van der Waals surface area contributed by atoms with Crippen molar-refractivity contribution in [2.45, 2.75) is 16.7 Å². The van der Waals surface area contributed by atoms with Gasteiger partial charge in [0.25, 0.3) is 5.91 Å². The molecule has 2 amide bonds. The number of hydrogen-bond donors (Lipinski definition) is 1. The summed E-state index contributed by atoms with van der Waals surface area (Å²) in [6, 6.07) is 14.8. The number of anilines is 1. The molecule has 1 heterocycles. The van der Waals surface area contributed by atoms with Crippen molar-refractivity contribution >= 4 is 29.3 Å². The Hall–Kier alpha value is -2.47. The molecule has 0 bridgehead atoms. The largest absolute Gasteiger partial charge is 0.497 e. The highest BCUT2D eigenvalue weighted by Crippen LogP contribution is 2.40. The van der Waals surface area contributed by atoms with E-state index in [2.05, 4.69) is 0 Å². The van der Waals surface area contributed by atoms with Crippen molar-refractivity contribution in [2.24, 2.45) is 5.73 Å². The van der Waals surface area contributed by atoms with E-state index in [0.29, 0.717) is 23.4 Å². The van der Waals surface area contributed by atoms with Gasteiger partial charge in [-0.25, -0.2) is 0 Å². The second kappa shape index (κ2) is 6.34. The molecular weight excluding hydrogens is 312 g/mol. The molecule has 5 nitrogen and oxygen atoms in total. The second-order valence-corrected chi connectivity index (χ2v) is 6.35. The van der Waals surface area contributed by atoms with Crippen LogP contribution in [0.4, 0.5) is 5.69 Å². The summed E-state index contributed by atoms with van der Waals surface area (Å²) in [5.74, 6) is -0.0202. The average Bonchev–Trinajstić information content (AvgIpc) is 2.54. The number of amides is 2. The van der Waals surface area contributed by atoms with Gasteiger partial charge in [-0.1, -0.05) is 18.2 Å². The number of hydrogen-bond acceptors (Lipinski definition) is 4. The van der Waals surface area contributed by atoms with E-state index in [1.165, 1.54) is 7.11 Å². The first-order valence-electron chi connectivity index (χ1n) is 7.12. The number of methoxy groups -OCH3 is 1. The molecule has 0 aliphatic carbocycles. The molecule has 3 rings (SSSR count). The summed E-state index contributed by atoms with van der Waals surface area (Å²) in [6.07, 6.45) is 0.426. The van der Waals surface area contributed by atoms with Gasteiger partial charge in [0.15, 0.2) is 0 Å². The number of nitrogens with two attached hydrogens (primary N) is 1. The number of ether oxygens (including phenoxy) is 1. The van der Waals surface area contributed by atoms with Crippen molar-refractivity contribution in [1.82, 2.24) is 0 Å². The van der Waals surface area contributed by atoms with Crippen LogP contribution in [0.15, 0.2) is 53.4 Å². The number of rotatable bonds is 5. The van der Waals surface area contributed by atoms with Crippen LogP contribution in [0.2, 0.25) is 0 Å². The summed E-state index contributed by atoms with van der Waals surface area (Å²) in [6.45, 7) is 0. The maximum Gasteiger partial charge on any atom is 0.250 e. The molecule has 0 radical (unpaired) electrons. The molecule has 1 saturated heterocycles. The van der Waals surface area contributed by atoms with Crippen LogP contribution in [0.5, 0.6) is 5.75 Å². The monoisotopic (exact) mass is 328 g/mol. The average molecular weight is 328 g/mol. The molecular formula is C17H16N2O3S. The summed E-state index contributed by atoms with van der Waals surface area (Å²) >= 11 is 1.58. The zero-order valence-electron chi connectivity index (χ0n) is 12.6. The van der Waals surface area contributed by atoms with Gasteiger partial charge >= 0.3 is 0 Å². The minimum Gasteiger partial charge on any atom is -0.497 e. The highest BCUT2D eigenvalue weighted by atomic mass is 32.2. The van der Waals surface area contributed by atoms with Crippen LogP contribution in [0.3, 0.4) is 0 Å². The van der Waals surface area contributed by atoms with Crippen LogP contribution >= 0.6 is 11.8 Å². The fourth-order valence-electron chi connectivity index (χ4n) is 2.47. The molecule has 1 atom stereocenters. The van der Waals surface area contributed by atoms with Crippen molar-refractivity contribution in [3.63, 3.8) is 0 Å². The van der Waals surface area contributed by atoms with Gasteiger partial charge in [-0.2, -0.15) is 0 Å². The molecule has 2 N–H and O–H groups in total. The Labute approximate surface area is 138 Å². The molecule has 6 heteroatoms. The number of primary amides is 1. The first kappa shape index (κ1) is 15.4. The van der Waals surface area contributed by atoms with E-state index < -0.39 is 5.91 Å². The van der Waals surface area contributed by atoms with Crippen LogP contribution in [0.1, 0.15) is 16.8 Å². The van der Waals surface area contributed by atoms with Crippen LogP contribution in [0.25, 0.3) is 0 Å². The molecule has 1 fully saturated rings. The highest BCUT2D eigenvalue weighted by Gasteiger charge is 2.39. The fraction of sp³-hybridized carbons (Fsp3) is 0.176. The van der Waals surface area contributed by atoms with Gasteiger partial charge in [0, 0.05) is 11.0 Å². The third-order valence-electron chi connectivity index (χ3n) is 3.65. The van der Waals surface area contributed by atoms with Crippen LogP contribution < -0.4 is 15.4 Å². The maximum absolute atomic E-state index is 12.1. The van der Waals surface area contributed by atoms with Crippen molar-refractivity contribution in [3.05, 3.63) is 54.1 Å². The molecule has 1 unspecified atom stereocenters. The van der Waals surface area contributed by atoms with Gasteiger partial charge in [0.1, 0.15) is 5.75 Å². The smallest absolute Gasteiger partial charge is 0.250 e.